The van der Waals surface area contributed by atoms with E-state index in [0.717, 1.165) is 6.42 Å². The maximum absolute atomic E-state index is 10.2. The third-order valence-corrected chi connectivity index (χ3v) is 1.78. The molecule has 10 heavy (non-hydrogen) atoms. The Labute approximate surface area is 63.6 Å². The normalized spacial score (nSPS) is 15.3. The minimum Gasteiger partial charge on any atom is -0.289 e. The molecule has 0 aromatic carbocycles. The molecule has 0 rings (SSSR count). The van der Waals surface area contributed by atoms with E-state index in [1.807, 2.05) is 0 Å². The summed E-state index contributed by atoms with van der Waals surface area (Å²) in [7, 11) is 0. The molecule has 0 bridgehead atoms. The highest BCUT2D eigenvalue weighted by atomic mass is 16.3. The average Bonchev–Trinajstić information content (AvgIpc) is 1.80. The molecule has 1 radical (unpaired) electrons. The molecule has 0 aliphatic heterocycles. The highest BCUT2D eigenvalue weighted by Crippen LogP contribution is 2.20. The number of hydrogen-bond donors (Lipinski definition) is 1. The van der Waals surface area contributed by atoms with Crippen molar-refractivity contribution >= 4 is 0 Å². The largest absolute Gasteiger partial charge is 0.289 e. The first-order valence-electron chi connectivity index (χ1n) is 3.83. The minimum atomic E-state index is -0.171. The summed E-state index contributed by atoms with van der Waals surface area (Å²) in [6, 6.07) is 0.352. The summed E-state index contributed by atoms with van der Waals surface area (Å²) in [6.45, 7) is 8.35. The highest BCUT2D eigenvalue weighted by Gasteiger charge is 2.21. The van der Waals surface area contributed by atoms with Crippen LogP contribution in [-0.2, 0) is 5.11 Å². The number of nitrogens with one attached hydrogen (secondary N) is 1. The molecular formula is C8H18NO. The van der Waals surface area contributed by atoms with Gasteiger partial charge in [0, 0.05) is 6.04 Å². The van der Waals surface area contributed by atoms with Gasteiger partial charge in [0.2, 0.25) is 0 Å². The standard InChI is InChI=1S/C8H18NO/c1-5-7(9-6-10)8(2,3)4/h7,9H,5-6H2,1-4H3. The van der Waals surface area contributed by atoms with Gasteiger partial charge < -0.3 is 0 Å². The Balaban J connectivity index is 3.81. The highest BCUT2D eigenvalue weighted by molar-refractivity contribution is 4.77. The zero-order valence-corrected chi connectivity index (χ0v) is 7.40. The van der Waals surface area contributed by atoms with Crippen molar-refractivity contribution in [3.05, 3.63) is 0 Å². The molecule has 0 fully saturated rings. The Morgan fingerprint density at radius 1 is 1.40 bits per heavy atom. The van der Waals surface area contributed by atoms with Crippen LogP contribution in [0.15, 0.2) is 0 Å². The summed E-state index contributed by atoms with van der Waals surface area (Å²) in [5.41, 5.74) is 0.208. The van der Waals surface area contributed by atoms with Crippen molar-refractivity contribution in [3.63, 3.8) is 0 Å². The molecule has 0 saturated heterocycles. The van der Waals surface area contributed by atoms with E-state index in [4.69, 9.17) is 0 Å². The Morgan fingerprint density at radius 3 is 2.00 bits per heavy atom. The molecule has 1 unspecified atom stereocenters. The lowest BCUT2D eigenvalue weighted by molar-refractivity contribution is 0.124. The summed E-state index contributed by atoms with van der Waals surface area (Å²) in [5, 5.41) is 13.2. The van der Waals surface area contributed by atoms with E-state index < -0.39 is 0 Å². The van der Waals surface area contributed by atoms with Gasteiger partial charge in [0.1, 0.15) is 6.73 Å². The van der Waals surface area contributed by atoms with E-state index in [9.17, 15) is 5.11 Å². The van der Waals surface area contributed by atoms with Crippen molar-refractivity contribution in [2.45, 2.75) is 40.2 Å². The van der Waals surface area contributed by atoms with Gasteiger partial charge in [0.15, 0.2) is 0 Å². The Bertz CT molecular complexity index is 85.7. The zero-order valence-electron chi connectivity index (χ0n) is 7.40. The van der Waals surface area contributed by atoms with Gasteiger partial charge in [-0.05, 0) is 11.8 Å². The van der Waals surface area contributed by atoms with E-state index in [2.05, 4.69) is 33.0 Å². The third kappa shape index (κ3) is 3.18. The van der Waals surface area contributed by atoms with E-state index in [1.54, 1.807) is 0 Å². The molecule has 0 aromatic rings. The molecule has 0 heterocycles. The summed E-state index contributed by atoms with van der Waals surface area (Å²) < 4.78 is 0. The topological polar surface area (TPSA) is 31.9 Å². The maximum atomic E-state index is 10.2. The fourth-order valence-electron chi connectivity index (χ4n) is 1.16. The van der Waals surface area contributed by atoms with Crippen molar-refractivity contribution in [1.29, 1.82) is 0 Å². The molecule has 1 atom stereocenters. The molecule has 1 N–H and O–H groups in total. The predicted molar refractivity (Wildman–Crippen MR) is 42.2 cm³/mol. The summed E-state index contributed by atoms with van der Waals surface area (Å²) in [6.07, 6.45) is 1.02. The molecule has 61 valence electrons. The lowest BCUT2D eigenvalue weighted by atomic mass is 9.85. The van der Waals surface area contributed by atoms with Gasteiger partial charge in [-0.25, -0.2) is 5.11 Å². The first-order chi connectivity index (χ1) is 4.52. The van der Waals surface area contributed by atoms with E-state index >= 15 is 0 Å². The lowest BCUT2D eigenvalue weighted by Crippen LogP contribution is -2.39. The van der Waals surface area contributed by atoms with Crippen LogP contribution >= 0.6 is 0 Å². The van der Waals surface area contributed by atoms with Crippen LogP contribution in [0.1, 0.15) is 34.1 Å². The van der Waals surface area contributed by atoms with Crippen LogP contribution < -0.4 is 5.32 Å². The Kier molecular flexibility index (Phi) is 3.91. The van der Waals surface area contributed by atoms with Crippen LogP contribution in [0.2, 0.25) is 0 Å². The second-order valence-corrected chi connectivity index (χ2v) is 3.68. The Hall–Kier alpha value is -0.0800. The van der Waals surface area contributed by atoms with Crippen LogP contribution in [0, 0.1) is 5.41 Å². The van der Waals surface area contributed by atoms with E-state index in [0.29, 0.717) is 6.04 Å². The molecular weight excluding hydrogens is 126 g/mol. The summed E-state index contributed by atoms with van der Waals surface area (Å²) in [4.78, 5) is 0. The number of rotatable bonds is 3. The molecule has 0 aromatic heterocycles. The van der Waals surface area contributed by atoms with Gasteiger partial charge in [-0.2, -0.15) is 0 Å². The van der Waals surface area contributed by atoms with Crippen molar-refractivity contribution in [3.8, 4) is 0 Å². The van der Waals surface area contributed by atoms with Crippen LogP contribution in [-0.4, -0.2) is 12.8 Å². The van der Waals surface area contributed by atoms with Crippen LogP contribution in [0.25, 0.3) is 0 Å². The average molecular weight is 144 g/mol. The van der Waals surface area contributed by atoms with Gasteiger partial charge in [-0.1, -0.05) is 27.7 Å². The van der Waals surface area contributed by atoms with Gasteiger partial charge in [0.25, 0.3) is 0 Å². The molecule has 0 amide bonds. The predicted octanol–water partition coefficient (Wildman–Crippen LogP) is 1.79. The summed E-state index contributed by atoms with van der Waals surface area (Å²) >= 11 is 0. The molecule has 2 heteroatoms. The lowest BCUT2D eigenvalue weighted by Gasteiger charge is -2.29. The van der Waals surface area contributed by atoms with Crippen LogP contribution in [0.5, 0.6) is 0 Å². The third-order valence-electron chi connectivity index (χ3n) is 1.78. The molecule has 0 spiro atoms. The number of hydrogen-bond acceptors (Lipinski definition) is 1. The van der Waals surface area contributed by atoms with Crippen LogP contribution in [0.4, 0.5) is 0 Å². The van der Waals surface area contributed by atoms with Crippen LogP contribution in [0.3, 0.4) is 0 Å². The Morgan fingerprint density at radius 2 is 1.90 bits per heavy atom. The molecule has 0 saturated carbocycles. The van der Waals surface area contributed by atoms with Crippen molar-refractivity contribution in [2.75, 3.05) is 6.73 Å². The van der Waals surface area contributed by atoms with E-state index in [1.165, 1.54) is 0 Å². The van der Waals surface area contributed by atoms with Gasteiger partial charge in [0.05, 0.1) is 0 Å². The molecule has 0 aliphatic rings. The quantitative estimate of drug-likeness (QED) is 0.602. The van der Waals surface area contributed by atoms with Crippen molar-refractivity contribution in [1.82, 2.24) is 5.32 Å². The SMILES string of the molecule is CCC(NC[O])C(C)(C)C. The monoisotopic (exact) mass is 144 g/mol. The smallest absolute Gasteiger partial charge is 0.133 e. The first kappa shape index (κ1) is 9.92. The summed E-state index contributed by atoms with van der Waals surface area (Å²) in [5.74, 6) is 0. The van der Waals surface area contributed by atoms with Crippen molar-refractivity contribution < 1.29 is 5.11 Å². The molecule has 2 nitrogen and oxygen atoms in total. The second kappa shape index (κ2) is 3.94. The fourth-order valence-corrected chi connectivity index (χ4v) is 1.16. The van der Waals surface area contributed by atoms with Gasteiger partial charge in [-0.15, -0.1) is 0 Å². The van der Waals surface area contributed by atoms with Crippen molar-refractivity contribution in [2.24, 2.45) is 5.41 Å². The second-order valence-electron chi connectivity index (χ2n) is 3.68. The zero-order chi connectivity index (χ0) is 8.20. The minimum absolute atomic E-state index is 0.171. The van der Waals surface area contributed by atoms with Gasteiger partial charge >= 0.3 is 0 Å². The fraction of sp³-hybridized carbons (Fsp3) is 1.00. The first-order valence-corrected chi connectivity index (χ1v) is 3.83. The molecule has 0 aliphatic carbocycles. The van der Waals surface area contributed by atoms with Gasteiger partial charge in [-0.3, -0.25) is 5.32 Å². The maximum Gasteiger partial charge on any atom is 0.133 e. The van der Waals surface area contributed by atoms with E-state index in [-0.39, 0.29) is 12.1 Å².